The van der Waals surface area contributed by atoms with Crippen LogP contribution in [0.2, 0.25) is 0 Å². The number of benzene rings is 1. The van der Waals surface area contributed by atoms with Crippen molar-refractivity contribution in [1.82, 2.24) is 19.9 Å². The number of carbonyl (C=O) groups excluding carboxylic acids is 1. The fraction of sp³-hybridized carbons (Fsp3) is 0.176. The Balaban J connectivity index is 1.76. The Labute approximate surface area is 132 Å². The van der Waals surface area contributed by atoms with Crippen LogP contribution in [-0.2, 0) is 11.3 Å². The van der Waals surface area contributed by atoms with E-state index in [1.165, 1.54) is 10.9 Å². The number of carbonyl (C=O) groups is 1. The molecule has 1 atom stereocenters. The van der Waals surface area contributed by atoms with Gasteiger partial charge in [-0.25, -0.2) is 9.97 Å². The summed E-state index contributed by atoms with van der Waals surface area (Å²) in [5, 5.41) is 3.28. The number of hydrogen-bond donors (Lipinski definition) is 1. The number of pyridine rings is 1. The lowest BCUT2D eigenvalue weighted by Crippen LogP contribution is -2.34. The summed E-state index contributed by atoms with van der Waals surface area (Å²) < 4.78 is 1.29. The zero-order chi connectivity index (χ0) is 16.2. The average Bonchev–Trinajstić information content (AvgIpc) is 2.58. The van der Waals surface area contributed by atoms with Crippen molar-refractivity contribution < 1.29 is 4.79 Å². The van der Waals surface area contributed by atoms with Crippen LogP contribution in [0, 0.1) is 0 Å². The third-order valence-electron chi connectivity index (χ3n) is 3.59. The molecule has 2 aromatic heterocycles. The lowest BCUT2D eigenvalue weighted by Gasteiger charge is -2.14. The number of aromatic nitrogens is 3. The Bertz CT molecular complexity index is 890. The summed E-state index contributed by atoms with van der Waals surface area (Å²) in [6.45, 7) is 1.83. The highest BCUT2D eigenvalue weighted by Gasteiger charge is 2.12. The van der Waals surface area contributed by atoms with Crippen molar-refractivity contribution in [2.75, 3.05) is 0 Å². The molecule has 3 aromatic rings. The molecular formula is C17H16N4O2. The maximum absolute atomic E-state index is 12.3. The predicted molar refractivity (Wildman–Crippen MR) is 86.8 cm³/mol. The van der Waals surface area contributed by atoms with Crippen molar-refractivity contribution in [1.29, 1.82) is 0 Å². The monoisotopic (exact) mass is 308 g/mol. The van der Waals surface area contributed by atoms with Gasteiger partial charge in [-0.3, -0.25) is 14.2 Å². The normalized spacial score (nSPS) is 12.0. The fourth-order valence-electron chi connectivity index (χ4n) is 2.38. The minimum Gasteiger partial charge on any atom is -0.348 e. The van der Waals surface area contributed by atoms with Gasteiger partial charge in [0.15, 0.2) is 5.65 Å². The first-order valence-electron chi connectivity index (χ1n) is 7.29. The molecule has 6 nitrogen and oxygen atoms in total. The minimum absolute atomic E-state index is 0.0756. The van der Waals surface area contributed by atoms with E-state index in [0.29, 0.717) is 11.0 Å². The van der Waals surface area contributed by atoms with Crippen LogP contribution < -0.4 is 10.9 Å². The van der Waals surface area contributed by atoms with E-state index >= 15 is 0 Å². The number of fused-ring (bicyclic) bond motifs is 1. The Morgan fingerprint density at radius 1 is 1.17 bits per heavy atom. The molecule has 6 heteroatoms. The quantitative estimate of drug-likeness (QED) is 0.795. The minimum atomic E-state index is -0.273. The van der Waals surface area contributed by atoms with E-state index in [1.807, 2.05) is 37.3 Å². The van der Waals surface area contributed by atoms with Crippen LogP contribution in [0.1, 0.15) is 18.5 Å². The van der Waals surface area contributed by atoms with E-state index in [9.17, 15) is 9.59 Å². The maximum Gasteiger partial charge on any atom is 0.263 e. The van der Waals surface area contributed by atoms with Gasteiger partial charge in [-0.05, 0) is 24.6 Å². The summed E-state index contributed by atoms with van der Waals surface area (Å²) in [5.74, 6) is -0.242. The van der Waals surface area contributed by atoms with Crippen molar-refractivity contribution in [2.24, 2.45) is 0 Å². The van der Waals surface area contributed by atoms with Crippen LogP contribution in [0.5, 0.6) is 0 Å². The average molecular weight is 308 g/mol. The van der Waals surface area contributed by atoms with E-state index in [-0.39, 0.29) is 24.1 Å². The van der Waals surface area contributed by atoms with Crippen molar-refractivity contribution in [2.45, 2.75) is 19.5 Å². The zero-order valence-corrected chi connectivity index (χ0v) is 12.6. The van der Waals surface area contributed by atoms with E-state index in [0.717, 1.165) is 5.56 Å². The van der Waals surface area contributed by atoms with Crippen molar-refractivity contribution in [3.8, 4) is 0 Å². The molecule has 116 valence electrons. The van der Waals surface area contributed by atoms with E-state index in [2.05, 4.69) is 15.3 Å². The van der Waals surface area contributed by atoms with Gasteiger partial charge in [-0.2, -0.15) is 0 Å². The molecule has 0 aliphatic heterocycles. The van der Waals surface area contributed by atoms with Gasteiger partial charge in [0.25, 0.3) is 5.56 Å². The van der Waals surface area contributed by atoms with Crippen LogP contribution >= 0.6 is 0 Å². The first kappa shape index (κ1) is 14.9. The summed E-state index contributed by atoms with van der Waals surface area (Å²) >= 11 is 0. The topological polar surface area (TPSA) is 76.9 Å². The van der Waals surface area contributed by atoms with Crippen molar-refractivity contribution in [3.63, 3.8) is 0 Å². The number of hydrogen-bond acceptors (Lipinski definition) is 4. The van der Waals surface area contributed by atoms with Crippen molar-refractivity contribution in [3.05, 3.63) is 70.9 Å². The molecule has 2 heterocycles. The summed E-state index contributed by atoms with van der Waals surface area (Å²) in [6.07, 6.45) is 2.93. The lowest BCUT2D eigenvalue weighted by atomic mass is 10.1. The maximum atomic E-state index is 12.3. The smallest absolute Gasteiger partial charge is 0.263 e. The number of nitrogens with one attached hydrogen (secondary N) is 1. The highest BCUT2D eigenvalue weighted by Crippen LogP contribution is 2.10. The Morgan fingerprint density at radius 3 is 2.74 bits per heavy atom. The molecule has 0 radical (unpaired) electrons. The Hall–Kier alpha value is -3.02. The summed E-state index contributed by atoms with van der Waals surface area (Å²) in [7, 11) is 0. The van der Waals surface area contributed by atoms with Crippen LogP contribution in [0.25, 0.3) is 11.0 Å². The van der Waals surface area contributed by atoms with Gasteiger partial charge < -0.3 is 5.32 Å². The second-order valence-corrected chi connectivity index (χ2v) is 5.25. The highest BCUT2D eigenvalue weighted by atomic mass is 16.2. The van der Waals surface area contributed by atoms with Crippen LogP contribution in [-0.4, -0.2) is 20.4 Å². The van der Waals surface area contributed by atoms with Gasteiger partial charge in [-0.1, -0.05) is 30.3 Å². The molecule has 0 aliphatic carbocycles. The van der Waals surface area contributed by atoms with Gasteiger partial charge in [0.2, 0.25) is 5.91 Å². The van der Waals surface area contributed by atoms with E-state index in [1.54, 1.807) is 18.3 Å². The molecule has 0 aliphatic rings. The van der Waals surface area contributed by atoms with Gasteiger partial charge in [-0.15, -0.1) is 0 Å². The molecule has 0 bridgehead atoms. The van der Waals surface area contributed by atoms with Crippen LogP contribution in [0.15, 0.2) is 59.8 Å². The van der Waals surface area contributed by atoms with Crippen LogP contribution in [0.3, 0.4) is 0 Å². The largest absolute Gasteiger partial charge is 0.348 e. The second-order valence-electron chi connectivity index (χ2n) is 5.25. The molecule has 1 aromatic carbocycles. The zero-order valence-electron chi connectivity index (χ0n) is 12.6. The predicted octanol–water partition coefficient (Wildman–Crippen LogP) is 1.67. The number of rotatable bonds is 4. The van der Waals surface area contributed by atoms with Gasteiger partial charge in [0, 0.05) is 6.20 Å². The first-order valence-corrected chi connectivity index (χ1v) is 7.29. The Morgan fingerprint density at radius 2 is 1.96 bits per heavy atom. The second kappa shape index (κ2) is 6.39. The van der Waals surface area contributed by atoms with E-state index in [4.69, 9.17) is 0 Å². The highest BCUT2D eigenvalue weighted by molar-refractivity contribution is 5.77. The first-order chi connectivity index (χ1) is 11.1. The fourth-order valence-corrected chi connectivity index (χ4v) is 2.38. The molecule has 3 rings (SSSR count). The van der Waals surface area contributed by atoms with Crippen molar-refractivity contribution >= 4 is 16.9 Å². The van der Waals surface area contributed by atoms with Gasteiger partial charge in [0.05, 0.1) is 11.4 Å². The molecule has 0 saturated heterocycles. The number of amides is 1. The summed E-state index contributed by atoms with van der Waals surface area (Å²) in [4.78, 5) is 32.6. The lowest BCUT2D eigenvalue weighted by molar-refractivity contribution is -0.122. The summed E-state index contributed by atoms with van der Waals surface area (Å²) in [6, 6.07) is 12.8. The Kier molecular flexibility index (Phi) is 4.14. The molecule has 0 fully saturated rings. The molecule has 1 amide bonds. The number of nitrogens with zero attached hydrogens (tertiary/aromatic N) is 3. The SMILES string of the molecule is C[C@H](NC(=O)Cn1cnc2ncccc2c1=O)c1ccccc1. The summed E-state index contributed by atoms with van der Waals surface area (Å²) in [5.41, 5.74) is 1.12. The third kappa shape index (κ3) is 3.26. The van der Waals surface area contributed by atoms with Gasteiger partial charge >= 0.3 is 0 Å². The molecule has 1 N–H and O–H groups in total. The molecule has 0 saturated carbocycles. The van der Waals surface area contributed by atoms with Gasteiger partial charge in [0.1, 0.15) is 12.9 Å². The molecule has 0 spiro atoms. The molecule has 0 unspecified atom stereocenters. The standard InChI is InChI=1S/C17H16N4O2/c1-12(13-6-3-2-4-7-13)20-15(22)10-21-11-19-16-14(17(21)23)8-5-9-18-16/h2-9,11-12H,10H2,1H3,(H,20,22)/t12-/m0/s1. The molecular weight excluding hydrogens is 292 g/mol. The molecule has 23 heavy (non-hydrogen) atoms. The van der Waals surface area contributed by atoms with Crippen LogP contribution in [0.4, 0.5) is 0 Å². The van der Waals surface area contributed by atoms with E-state index < -0.39 is 0 Å². The third-order valence-corrected chi connectivity index (χ3v) is 3.59.